The van der Waals surface area contributed by atoms with Crippen LogP contribution in [0.25, 0.3) is 0 Å². The van der Waals surface area contributed by atoms with Gasteiger partial charge in [0.2, 0.25) is 5.91 Å². The quantitative estimate of drug-likeness (QED) is 0.715. The van der Waals surface area contributed by atoms with Gasteiger partial charge in [-0.2, -0.15) is 0 Å². The Labute approximate surface area is 100 Å². The number of likely N-dealkylation sites (tertiary alicyclic amines) is 1. The molecule has 1 N–H and O–H groups in total. The number of hydrogen-bond acceptors (Lipinski definition) is 4. The lowest BCUT2D eigenvalue weighted by atomic mass is 10.1. The molecule has 2 saturated heterocycles. The number of nitrogens with zero attached hydrogens (tertiary/aromatic N) is 2. The molecule has 2 rings (SSSR count). The molecule has 0 aromatic rings. The van der Waals surface area contributed by atoms with E-state index in [0.717, 1.165) is 13.0 Å². The van der Waals surface area contributed by atoms with Crippen molar-refractivity contribution in [2.24, 2.45) is 0 Å². The number of carboxylic acids is 1. The third kappa shape index (κ3) is 2.76. The highest BCUT2D eigenvalue weighted by Gasteiger charge is 2.36. The van der Waals surface area contributed by atoms with Gasteiger partial charge >= 0.3 is 5.97 Å². The minimum absolute atomic E-state index is 0.00719. The van der Waals surface area contributed by atoms with E-state index in [0.29, 0.717) is 19.7 Å². The summed E-state index contributed by atoms with van der Waals surface area (Å²) in [4.78, 5) is 26.3. The van der Waals surface area contributed by atoms with Crippen LogP contribution in [0.4, 0.5) is 0 Å². The highest BCUT2D eigenvalue weighted by Crippen LogP contribution is 2.19. The fourth-order valence-electron chi connectivity index (χ4n) is 2.49. The lowest BCUT2D eigenvalue weighted by molar-refractivity contribution is -0.143. The molecule has 2 aliphatic rings. The van der Waals surface area contributed by atoms with Gasteiger partial charge in [-0.15, -0.1) is 0 Å². The summed E-state index contributed by atoms with van der Waals surface area (Å²) < 4.78 is 5.39. The van der Waals surface area contributed by atoms with Gasteiger partial charge in [0.1, 0.15) is 0 Å². The van der Waals surface area contributed by atoms with Crippen molar-refractivity contribution >= 4 is 11.9 Å². The molecule has 0 spiro atoms. The normalized spacial score (nSPS) is 30.9. The molecule has 0 bridgehead atoms. The average molecular weight is 242 g/mol. The fraction of sp³-hybridized carbons (Fsp3) is 0.818. The summed E-state index contributed by atoms with van der Waals surface area (Å²) in [6.07, 6.45) is 0.544. The Bertz CT molecular complexity index is 321. The molecule has 2 aliphatic heterocycles. The zero-order chi connectivity index (χ0) is 12.4. The van der Waals surface area contributed by atoms with Gasteiger partial charge in [0.25, 0.3) is 0 Å². The Morgan fingerprint density at radius 2 is 2.29 bits per heavy atom. The van der Waals surface area contributed by atoms with Crippen molar-refractivity contribution in [2.45, 2.75) is 25.0 Å². The minimum atomic E-state index is -0.855. The first kappa shape index (κ1) is 12.3. The minimum Gasteiger partial charge on any atom is -0.481 e. The van der Waals surface area contributed by atoms with Crippen LogP contribution >= 0.6 is 0 Å². The van der Waals surface area contributed by atoms with E-state index in [1.165, 1.54) is 0 Å². The SMILES string of the molecule is CN1CCC(N2CCOC(CC(=O)O)C2)C1=O. The van der Waals surface area contributed by atoms with Gasteiger partial charge in [0.15, 0.2) is 0 Å². The van der Waals surface area contributed by atoms with Crippen LogP contribution in [0.1, 0.15) is 12.8 Å². The number of carboxylic acid groups (broad SMARTS) is 1. The zero-order valence-electron chi connectivity index (χ0n) is 9.96. The Hall–Kier alpha value is -1.14. The van der Waals surface area contributed by atoms with E-state index in [1.807, 2.05) is 0 Å². The summed E-state index contributed by atoms with van der Waals surface area (Å²) in [5.74, 6) is -0.715. The third-order valence-electron chi connectivity index (χ3n) is 3.41. The number of rotatable bonds is 3. The van der Waals surface area contributed by atoms with Gasteiger partial charge in [-0.1, -0.05) is 0 Å². The van der Waals surface area contributed by atoms with Gasteiger partial charge < -0.3 is 14.7 Å². The molecule has 6 nitrogen and oxygen atoms in total. The van der Waals surface area contributed by atoms with Gasteiger partial charge in [-0.05, 0) is 6.42 Å². The molecule has 0 radical (unpaired) electrons. The van der Waals surface area contributed by atoms with Crippen molar-refractivity contribution in [2.75, 3.05) is 33.3 Å². The molecule has 17 heavy (non-hydrogen) atoms. The summed E-state index contributed by atoms with van der Waals surface area (Å²) in [5, 5.41) is 8.74. The predicted molar refractivity (Wildman–Crippen MR) is 59.6 cm³/mol. The lowest BCUT2D eigenvalue weighted by Crippen LogP contribution is -2.50. The van der Waals surface area contributed by atoms with Gasteiger partial charge in [-0.3, -0.25) is 14.5 Å². The van der Waals surface area contributed by atoms with E-state index in [1.54, 1.807) is 11.9 Å². The molecule has 2 unspecified atom stereocenters. The van der Waals surface area contributed by atoms with Crippen LogP contribution in [0.15, 0.2) is 0 Å². The Morgan fingerprint density at radius 3 is 2.88 bits per heavy atom. The molecular formula is C11H18N2O4. The van der Waals surface area contributed by atoms with Crippen molar-refractivity contribution in [3.05, 3.63) is 0 Å². The summed E-state index contributed by atoms with van der Waals surface area (Å²) in [6.45, 7) is 2.53. The van der Waals surface area contributed by atoms with Crippen LogP contribution in [0, 0.1) is 0 Å². The first-order valence-electron chi connectivity index (χ1n) is 5.90. The summed E-state index contributed by atoms with van der Waals surface area (Å²) >= 11 is 0. The molecule has 0 aromatic carbocycles. The van der Waals surface area contributed by atoms with Gasteiger partial charge in [0.05, 0.1) is 25.2 Å². The number of hydrogen-bond donors (Lipinski definition) is 1. The molecule has 6 heteroatoms. The maximum absolute atomic E-state index is 11.9. The van der Waals surface area contributed by atoms with Crippen LogP contribution in [-0.2, 0) is 14.3 Å². The van der Waals surface area contributed by atoms with Crippen LogP contribution in [-0.4, -0.2) is 72.2 Å². The zero-order valence-corrected chi connectivity index (χ0v) is 9.96. The van der Waals surface area contributed by atoms with Crippen molar-refractivity contribution < 1.29 is 19.4 Å². The maximum Gasteiger partial charge on any atom is 0.306 e. The second kappa shape index (κ2) is 5.01. The van der Waals surface area contributed by atoms with Gasteiger partial charge in [0, 0.05) is 26.7 Å². The van der Waals surface area contributed by atoms with E-state index in [9.17, 15) is 9.59 Å². The van der Waals surface area contributed by atoms with Crippen molar-refractivity contribution in [1.82, 2.24) is 9.80 Å². The highest BCUT2D eigenvalue weighted by atomic mass is 16.5. The molecule has 0 aliphatic carbocycles. The number of aliphatic carboxylic acids is 1. The Balaban J connectivity index is 1.93. The summed E-state index contributed by atoms with van der Waals surface area (Å²) in [5.41, 5.74) is 0. The smallest absolute Gasteiger partial charge is 0.306 e. The number of carbonyl (C=O) groups excluding carboxylic acids is 1. The maximum atomic E-state index is 11.9. The predicted octanol–water partition coefficient (Wildman–Crippen LogP) is -0.607. The number of morpholine rings is 1. The van der Waals surface area contributed by atoms with Crippen molar-refractivity contribution in [3.63, 3.8) is 0 Å². The van der Waals surface area contributed by atoms with Crippen LogP contribution in [0.5, 0.6) is 0 Å². The first-order valence-corrected chi connectivity index (χ1v) is 5.90. The van der Waals surface area contributed by atoms with Gasteiger partial charge in [-0.25, -0.2) is 0 Å². The largest absolute Gasteiger partial charge is 0.481 e. The number of ether oxygens (including phenoxy) is 1. The summed E-state index contributed by atoms with van der Waals surface area (Å²) in [6, 6.07) is -0.0832. The first-order chi connectivity index (χ1) is 8.08. The third-order valence-corrected chi connectivity index (χ3v) is 3.41. The monoisotopic (exact) mass is 242 g/mol. The Morgan fingerprint density at radius 1 is 1.53 bits per heavy atom. The number of amides is 1. The average Bonchev–Trinajstić information content (AvgIpc) is 2.59. The van der Waals surface area contributed by atoms with Crippen molar-refractivity contribution in [3.8, 4) is 0 Å². The standard InChI is InChI=1S/C11H18N2O4/c1-12-3-2-9(11(12)16)13-4-5-17-8(7-13)6-10(14)15/h8-9H,2-7H2,1H3,(H,14,15). The molecule has 96 valence electrons. The van der Waals surface area contributed by atoms with E-state index >= 15 is 0 Å². The molecule has 1 amide bonds. The molecule has 2 heterocycles. The fourth-order valence-corrected chi connectivity index (χ4v) is 2.49. The molecule has 2 atom stereocenters. The van der Waals surface area contributed by atoms with E-state index < -0.39 is 5.97 Å². The highest BCUT2D eigenvalue weighted by molar-refractivity contribution is 5.83. The number of likely N-dealkylation sites (N-methyl/N-ethyl adjacent to an activating group) is 1. The van der Waals surface area contributed by atoms with E-state index in [2.05, 4.69) is 4.90 Å². The van der Waals surface area contributed by atoms with Crippen molar-refractivity contribution in [1.29, 1.82) is 0 Å². The van der Waals surface area contributed by atoms with Crippen LogP contribution in [0.2, 0.25) is 0 Å². The van der Waals surface area contributed by atoms with Crippen LogP contribution in [0.3, 0.4) is 0 Å². The molecular weight excluding hydrogens is 224 g/mol. The topological polar surface area (TPSA) is 70.1 Å². The molecule has 0 saturated carbocycles. The lowest BCUT2D eigenvalue weighted by Gasteiger charge is -2.35. The van der Waals surface area contributed by atoms with Crippen LogP contribution < -0.4 is 0 Å². The second-order valence-electron chi connectivity index (χ2n) is 4.65. The Kier molecular flexibility index (Phi) is 3.63. The number of carbonyl (C=O) groups is 2. The van der Waals surface area contributed by atoms with E-state index in [-0.39, 0.29) is 24.5 Å². The summed E-state index contributed by atoms with van der Waals surface area (Å²) in [7, 11) is 1.80. The molecule has 2 fully saturated rings. The molecule has 0 aromatic heterocycles. The second-order valence-corrected chi connectivity index (χ2v) is 4.65. The van der Waals surface area contributed by atoms with E-state index in [4.69, 9.17) is 9.84 Å².